The fourth-order valence-electron chi connectivity index (χ4n) is 3.32. The summed E-state index contributed by atoms with van der Waals surface area (Å²) in [6.45, 7) is 3.90. The Balaban J connectivity index is 2.27. The van der Waals surface area contributed by atoms with E-state index in [9.17, 15) is 12.8 Å². The molecule has 35 heavy (non-hydrogen) atoms. The minimum Gasteiger partial charge on any atom is -0.494 e. The second-order valence-electron chi connectivity index (χ2n) is 7.31. The van der Waals surface area contributed by atoms with Crippen LogP contribution in [0.25, 0.3) is 11.4 Å². The molecule has 0 aliphatic heterocycles. The summed E-state index contributed by atoms with van der Waals surface area (Å²) in [5, 5.41) is 19.8. The van der Waals surface area contributed by atoms with Crippen molar-refractivity contribution in [3.8, 4) is 22.9 Å². The van der Waals surface area contributed by atoms with Gasteiger partial charge in [-0.2, -0.15) is 0 Å². The van der Waals surface area contributed by atoms with Gasteiger partial charge in [0, 0.05) is 18.8 Å². The SMILES string of the molecule is CCOc1ccc(S(N)(=O)=O)cc1-c1nc(Nc2ccc(OC)c(F)c2)c(NC)c(C(=N)CC)n1. The van der Waals surface area contributed by atoms with E-state index in [0.29, 0.717) is 35.8 Å². The Labute approximate surface area is 203 Å². The average molecular weight is 503 g/mol. The summed E-state index contributed by atoms with van der Waals surface area (Å²) in [4.78, 5) is 8.98. The van der Waals surface area contributed by atoms with Crippen molar-refractivity contribution in [1.82, 2.24) is 9.97 Å². The molecule has 0 aliphatic carbocycles. The Bertz CT molecular complexity index is 1360. The van der Waals surface area contributed by atoms with Gasteiger partial charge in [0.15, 0.2) is 23.2 Å². The standard InChI is InChI=1S/C23H27FN6O4S/c1-5-17(25)20-21(27-3)23(28-13-7-9-19(33-4)16(24)11-13)30-22(29-20)15-12-14(35(26,31)32)8-10-18(15)34-6-2/h7-12,25,27H,5-6H2,1-4H3,(H2,26,31,32)(H,28,29,30). The minimum atomic E-state index is -4.01. The smallest absolute Gasteiger partial charge is 0.238 e. The molecule has 2 aromatic carbocycles. The Morgan fingerprint density at radius 3 is 2.43 bits per heavy atom. The van der Waals surface area contributed by atoms with Crippen LogP contribution in [0.5, 0.6) is 11.5 Å². The molecule has 12 heteroatoms. The average Bonchev–Trinajstić information content (AvgIpc) is 2.83. The number of rotatable bonds is 10. The van der Waals surface area contributed by atoms with E-state index in [2.05, 4.69) is 20.6 Å². The summed E-state index contributed by atoms with van der Waals surface area (Å²) in [5.74, 6) is 0.204. The number of aromatic nitrogens is 2. The third-order valence-corrected chi connectivity index (χ3v) is 5.94. The van der Waals surface area contributed by atoms with E-state index in [0.717, 1.165) is 0 Å². The van der Waals surface area contributed by atoms with Crippen LogP contribution in [-0.2, 0) is 10.0 Å². The number of nitrogens with zero attached hydrogens (tertiary/aromatic N) is 2. The number of nitrogens with one attached hydrogen (secondary N) is 3. The third kappa shape index (κ3) is 5.66. The maximum atomic E-state index is 14.3. The molecule has 0 fully saturated rings. The van der Waals surface area contributed by atoms with Crippen LogP contribution in [0.3, 0.4) is 0 Å². The summed E-state index contributed by atoms with van der Waals surface area (Å²) in [6, 6.07) is 8.46. The van der Waals surface area contributed by atoms with Gasteiger partial charge in [-0.25, -0.2) is 27.9 Å². The van der Waals surface area contributed by atoms with E-state index in [1.54, 1.807) is 20.0 Å². The van der Waals surface area contributed by atoms with E-state index in [1.807, 2.05) is 6.92 Å². The molecule has 3 rings (SSSR count). The van der Waals surface area contributed by atoms with Gasteiger partial charge in [-0.3, -0.25) is 0 Å². The maximum Gasteiger partial charge on any atom is 0.238 e. The molecular formula is C23H27FN6O4S. The van der Waals surface area contributed by atoms with E-state index >= 15 is 0 Å². The number of hydrogen-bond acceptors (Lipinski definition) is 9. The highest BCUT2D eigenvalue weighted by atomic mass is 32.2. The van der Waals surface area contributed by atoms with Crippen molar-refractivity contribution in [2.24, 2.45) is 5.14 Å². The number of ether oxygens (including phenoxy) is 2. The number of benzene rings is 2. The van der Waals surface area contributed by atoms with Gasteiger partial charge in [0.25, 0.3) is 0 Å². The van der Waals surface area contributed by atoms with Gasteiger partial charge < -0.3 is 25.5 Å². The predicted molar refractivity (Wildman–Crippen MR) is 133 cm³/mol. The molecule has 0 spiro atoms. The lowest BCUT2D eigenvalue weighted by Gasteiger charge is -2.18. The summed E-state index contributed by atoms with van der Waals surface area (Å²) < 4.78 is 48.9. The van der Waals surface area contributed by atoms with Gasteiger partial charge in [-0.1, -0.05) is 6.92 Å². The predicted octanol–water partition coefficient (Wildman–Crippen LogP) is 3.90. The highest BCUT2D eigenvalue weighted by Crippen LogP contribution is 2.35. The quantitative estimate of drug-likeness (QED) is 0.305. The number of primary sulfonamides is 1. The van der Waals surface area contributed by atoms with Crippen LogP contribution >= 0.6 is 0 Å². The van der Waals surface area contributed by atoms with Crippen LogP contribution in [0.4, 0.5) is 21.6 Å². The Morgan fingerprint density at radius 1 is 1.14 bits per heavy atom. The van der Waals surface area contributed by atoms with E-state index in [-0.39, 0.29) is 33.6 Å². The number of hydrogen-bond donors (Lipinski definition) is 4. The number of sulfonamides is 1. The fraction of sp³-hybridized carbons (Fsp3) is 0.261. The maximum absolute atomic E-state index is 14.3. The first-order valence-corrected chi connectivity index (χ1v) is 12.3. The molecule has 10 nitrogen and oxygen atoms in total. The first-order valence-electron chi connectivity index (χ1n) is 10.7. The molecule has 0 saturated heterocycles. The molecule has 0 amide bonds. The zero-order valence-corrected chi connectivity index (χ0v) is 20.6. The van der Waals surface area contributed by atoms with Gasteiger partial charge in [-0.15, -0.1) is 0 Å². The van der Waals surface area contributed by atoms with Gasteiger partial charge >= 0.3 is 0 Å². The summed E-state index contributed by atoms with van der Waals surface area (Å²) >= 11 is 0. The van der Waals surface area contributed by atoms with E-state index < -0.39 is 15.8 Å². The van der Waals surface area contributed by atoms with Crippen molar-refractivity contribution < 1.29 is 22.3 Å². The number of nitrogens with two attached hydrogens (primary N) is 1. The molecule has 0 unspecified atom stereocenters. The molecular weight excluding hydrogens is 475 g/mol. The Morgan fingerprint density at radius 2 is 1.86 bits per heavy atom. The number of halogens is 1. The molecule has 1 aromatic heterocycles. The van der Waals surface area contributed by atoms with Crippen LogP contribution < -0.4 is 25.2 Å². The van der Waals surface area contributed by atoms with Crippen LogP contribution in [0.15, 0.2) is 41.3 Å². The molecule has 0 saturated carbocycles. The largest absolute Gasteiger partial charge is 0.494 e. The first-order chi connectivity index (χ1) is 16.6. The van der Waals surface area contributed by atoms with Gasteiger partial charge in [0.05, 0.1) is 29.9 Å². The van der Waals surface area contributed by atoms with Crippen molar-refractivity contribution in [3.63, 3.8) is 0 Å². The lowest BCUT2D eigenvalue weighted by atomic mass is 10.1. The molecule has 0 radical (unpaired) electrons. The second-order valence-corrected chi connectivity index (χ2v) is 8.87. The lowest BCUT2D eigenvalue weighted by Crippen LogP contribution is -2.14. The normalized spacial score (nSPS) is 11.1. The highest BCUT2D eigenvalue weighted by Gasteiger charge is 2.21. The van der Waals surface area contributed by atoms with E-state index in [1.165, 1.54) is 37.4 Å². The van der Waals surface area contributed by atoms with Gasteiger partial charge in [0.1, 0.15) is 17.1 Å². The molecule has 0 atom stereocenters. The highest BCUT2D eigenvalue weighted by molar-refractivity contribution is 7.89. The van der Waals surface area contributed by atoms with Gasteiger partial charge in [0.2, 0.25) is 10.0 Å². The van der Waals surface area contributed by atoms with Crippen molar-refractivity contribution in [2.45, 2.75) is 25.2 Å². The van der Waals surface area contributed by atoms with Crippen molar-refractivity contribution in [2.75, 3.05) is 31.4 Å². The zero-order valence-electron chi connectivity index (χ0n) is 19.8. The number of methoxy groups -OCH3 is 1. The summed E-state index contributed by atoms with van der Waals surface area (Å²) in [7, 11) is -0.993. The summed E-state index contributed by atoms with van der Waals surface area (Å²) in [6.07, 6.45) is 0.372. The molecule has 0 bridgehead atoms. The topological polar surface area (TPSA) is 152 Å². The van der Waals surface area contributed by atoms with Gasteiger partial charge in [-0.05, 0) is 43.7 Å². The Kier molecular flexibility index (Phi) is 7.87. The molecule has 5 N–H and O–H groups in total. The monoisotopic (exact) mass is 502 g/mol. The minimum absolute atomic E-state index is 0.0855. The van der Waals surface area contributed by atoms with Crippen LogP contribution in [0, 0.1) is 11.2 Å². The molecule has 3 aromatic rings. The Hall–Kier alpha value is -3.77. The first kappa shape index (κ1) is 25.8. The molecule has 1 heterocycles. The zero-order chi connectivity index (χ0) is 25.8. The summed E-state index contributed by atoms with van der Waals surface area (Å²) in [5.41, 5.74) is 1.57. The molecule has 186 valence electrons. The second kappa shape index (κ2) is 10.7. The van der Waals surface area contributed by atoms with Crippen molar-refractivity contribution in [1.29, 1.82) is 5.41 Å². The molecule has 0 aliphatic rings. The fourth-order valence-corrected chi connectivity index (χ4v) is 3.86. The van der Waals surface area contributed by atoms with Crippen LogP contribution in [0.2, 0.25) is 0 Å². The number of anilines is 3. The van der Waals surface area contributed by atoms with E-state index in [4.69, 9.17) is 20.0 Å². The van der Waals surface area contributed by atoms with Crippen LogP contribution in [0.1, 0.15) is 26.0 Å². The van der Waals surface area contributed by atoms with Crippen LogP contribution in [-0.4, -0.2) is 44.9 Å². The van der Waals surface area contributed by atoms with Crippen molar-refractivity contribution in [3.05, 3.63) is 47.9 Å². The van der Waals surface area contributed by atoms with Crippen molar-refractivity contribution >= 4 is 32.9 Å². The lowest BCUT2D eigenvalue weighted by molar-refractivity contribution is 0.341. The third-order valence-electron chi connectivity index (χ3n) is 5.03.